The van der Waals surface area contributed by atoms with E-state index in [2.05, 4.69) is 5.32 Å². The summed E-state index contributed by atoms with van der Waals surface area (Å²) in [4.78, 5) is 25.0. The number of hydrogen-bond acceptors (Lipinski definition) is 4. The number of rotatable bonds is 5. The highest BCUT2D eigenvalue weighted by Crippen LogP contribution is 2.24. The van der Waals surface area contributed by atoms with Gasteiger partial charge in [0, 0.05) is 24.4 Å². The molecular formula is C23H19FN2O4. The number of ether oxygens (including phenoxy) is 1. The van der Waals surface area contributed by atoms with Crippen molar-refractivity contribution in [1.29, 1.82) is 0 Å². The highest BCUT2D eigenvalue weighted by atomic mass is 19.1. The van der Waals surface area contributed by atoms with Crippen molar-refractivity contribution in [2.24, 2.45) is 0 Å². The van der Waals surface area contributed by atoms with E-state index in [0.717, 1.165) is 11.1 Å². The summed E-state index contributed by atoms with van der Waals surface area (Å²) in [5.41, 5.74) is 3.92. The minimum atomic E-state index is -0.476. The Labute approximate surface area is 171 Å². The average molecular weight is 406 g/mol. The van der Waals surface area contributed by atoms with E-state index < -0.39 is 5.97 Å². The quantitative estimate of drug-likeness (QED) is 0.485. The molecule has 7 heteroatoms. The van der Waals surface area contributed by atoms with Crippen LogP contribution in [0.15, 0.2) is 65.3 Å². The van der Waals surface area contributed by atoms with Gasteiger partial charge in [-0.05, 0) is 42.3 Å². The van der Waals surface area contributed by atoms with Gasteiger partial charge in [-0.15, -0.1) is 0 Å². The molecule has 2 heterocycles. The zero-order valence-electron chi connectivity index (χ0n) is 16.4. The first-order chi connectivity index (χ1) is 14.5. The molecule has 0 radical (unpaired) electrons. The van der Waals surface area contributed by atoms with Crippen molar-refractivity contribution < 1.29 is 23.1 Å². The Morgan fingerprint density at radius 3 is 2.73 bits per heavy atom. The van der Waals surface area contributed by atoms with Crippen molar-refractivity contribution in [3.8, 4) is 0 Å². The summed E-state index contributed by atoms with van der Waals surface area (Å²) in [6, 6.07) is 14.6. The molecule has 0 atom stereocenters. The third-order valence-corrected chi connectivity index (χ3v) is 4.89. The summed E-state index contributed by atoms with van der Waals surface area (Å²) in [7, 11) is 1.31. The first kappa shape index (κ1) is 19.4. The minimum absolute atomic E-state index is 0.296. The molecule has 0 saturated carbocycles. The summed E-state index contributed by atoms with van der Waals surface area (Å²) < 4.78 is 25.6. The van der Waals surface area contributed by atoms with Crippen LogP contribution in [-0.2, 0) is 11.3 Å². The minimum Gasteiger partial charge on any atom is -0.465 e. The normalized spacial score (nSPS) is 10.9. The molecule has 2 aromatic carbocycles. The zero-order valence-corrected chi connectivity index (χ0v) is 16.4. The molecule has 0 spiro atoms. The number of nitrogens with one attached hydrogen (secondary N) is 1. The fraction of sp³-hybridized carbons (Fsp3) is 0.130. The molecule has 6 nitrogen and oxygen atoms in total. The lowest BCUT2D eigenvalue weighted by Crippen LogP contribution is -2.18. The Morgan fingerprint density at radius 1 is 1.13 bits per heavy atom. The van der Waals surface area contributed by atoms with Crippen LogP contribution in [0.5, 0.6) is 0 Å². The maximum atomic E-state index is 13.6. The predicted molar refractivity (Wildman–Crippen MR) is 110 cm³/mol. The second-order valence-electron chi connectivity index (χ2n) is 6.89. The fourth-order valence-corrected chi connectivity index (χ4v) is 3.38. The van der Waals surface area contributed by atoms with Crippen LogP contribution in [0.2, 0.25) is 0 Å². The van der Waals surface area contributed by atoms with Crippen LogP contribution < -0.4 is 5.32 Å². The molecule has 0 saturated heterocycles. The largest absolute Gasteiger partial charge is 0.465 e. The molecular weight excluding hydrogens is 387 g/mol. The molecule has 4 aromatic rings. The predicted octanol–water partition coefficient (Wildman–Crippen LogP) is 4.77. The van der Waals surface area contributed by atoms with Gasteiger partial charge in [0.25, 0.3) is 5.91 Å². The number of benzene rings is 2. The third kappa shape index (κ3) is 3.69. The van der Waals surface area contributed by atoms with E-state index in [0.29, 0.717) is 34.6 Å². The summed E-state index contributed by atoms with van der Waals surface area (Å²) in [5.74, 6) is -1.20. The number of halogens is 1. The lowest BCUT2D eigenvalue weighted by atomic mass is 10.1. The Bertz CT molecular complexity index is 1260. The highest BCUT2D eigenvalue weighted by molar-refractivity contribution is 6.06. The average Bonchev–Trinajstić information content (AvgIpc) is 3.31. The van der Waals surface area contributed by atoms with Crippen LogP contribution in [0, 0.1) is 12.7 Å². The van der Waals surface area contributed by atoms with Crippen molar-refractivity contribution in [3.05, 3.63) is 89.1 Å². The molecule has 0 fully saturated rings. The number of furan rings is 1. The molecule has 4 rings (SSSR count). The monoisotopic (exact) mass is 406 g/mol. The Balaban J connectivity index is 1.67. The van der Waals surface area contributed by atoms with Crippen LogP contribution >= 0.6 is 0 Å². The van der Waals surface area contributed by atoms with Gasteiger partial charge in [-0.1, -0.05) is 18.2 Å². The molecule has 1 amide bonds. The smallest absolute Gasteiger partial charge is 0.338 e. The second-order valence-corrected chi connectivity index (χ2v) is 6.89. The van der Waals surface area contributed by atoms with Crippen molar-refractivity contribution in [3.63, 3.8) is 0 Å². The van der Waals surface area contributed by atoms with E-state index in [4.69, 9.17) is 9.15 Å². The highest BCUT2D eigenvalue weighted by Gasteiger charge is 2.19. The molecule has 0 aliphatic carbocycles. The van der Waals surface area contributed by atoms with E-state index in [-0.39, 0.29) is 11.7 Å². The first-order valence-electron chi connectivity index (χ1n) is 9.28. The Morgan fingerprint density at radius 2 is 1.97 bits per heavy atom. The number of amides is 1. The topological polar surface area (TPSA) is 73.5 Å². The number of aryl methyl sites for hydroxylation is 1. The molecule has 0 aliphatic heterocycles. The lowest BCUT2D eigenvalue weighted by molar-refractivity contribution is 0.0599. The number of hydrogen-bond donors (Lipinski definition) is 1. The number of carbonyl (C=O) groups excluding carboxylic acids is 2. The van der Waals surface area contributed by atoms with E-state index in [9.17, 15) is 14.0 Å². The van der Waals surface area contributed by atoms with E-state index in [1.807, 2.05) is 0 Å². The van der Waals surface area contributed by atoms with Crippen LogP contribution in [0.4, 0.5) is 10.1 Å². The summed E-state index contributed by atoms with van der Waals surface area (Å²) in [6.07, 6.45) is 1.54. The van der Waals surface area contributed by atoms with E-state index >= 15 is 0 Å². The van der Waals surface area contributed by atoms with Gasteiger partial charge < -0.3 is 19.0 Å². The number of carbonyl (C=O) groups is 2. The standard InChI is InChI=1S/C23H19FN2O4/c1-14-6-7-17(11-18(14)23(28)29-2)25-22(27)20-12-21-19(8-9-30-21)26(20)13-15-4-3-5-16(24)10-15/h3-12H,13H2,1-2H3,(H,25,27). The lowest BCUT2D eigenvalue weighted by Gasteiger charge is -2.12. The van der Waals surface area contributed by atoms with E-state index in [1.54, 1.807) is 54.0 Å². The maximum Gasteiger partial charge on any atom is 0.338 e. The third-order valence-electron chi connectivity index (χ3n) is 4.89. The van der Waals surface area contributed by atoms with Gasteiger partial charge in [-0.3, -0.25) is 4.79 Å². The van der Waals surface area contributed by atoms with Gasteiger partial charge in [-0.25, -0.2) is 9.18 Å². The van der Waals surface area contributed by atoms with Gasteiger partial charge in [0.1, 0.15) is 11.5 Å². The molecule has 30 heavy (non-hydrogen) atoms. The zero-order chi connectivity index (χ0) is 21.3. The SMILES string of the molecule is COC(=O)c1cc(NC(=O)c2cc3occc3n2Cc2cccc(F)c2)ccc1C. The second kappa shape index (κ2) is 7.87. The summed E-state index contributed by atoms with van der Waals surface area (Å²) >= 11 is 0. The molecule has 0 bridgehead atoms. The Hall–Kier alpha value is -3.87. The van der Waals surface area contributed by atoms with Gasteiger partial charge >= 0.3 is 5.97 Å². The number of nitrogens with zero attached hydrogens (tertiary/aromatic N) is 1. The van der Waals surface area contributed by atoms with Gasteiger partial charge in [0.15, 0.2) is 5.58 Å². The first-order valence-corrected chi connectivity index (χ1v) is 9.28. The number of fused-ring (bicyclic) bond motifs is 1. The molecule has 152 valence electrons. The molecule has 1 N–H and O–H groups in total. The number of esters is 1. The molecule has 0 unspecified atom stereocenters. The van der Waals surface area contributed by atoms with Crippen molar-refractivity contribution in [2.45, 2.75) is 13.5 Å². The number of anilines is 1. The van der Waals surface area contributed by atoms with Crippen molar-refractivity contribution >= 4 is 28.7 Å². The van der Waals surface area contributed by atoms with Gasteiger partial charge in [0.2, 0.25) is 0 Å². The molecule has 2 aromatic heterocycles. The summed E-state index contributed by atoms with van der Waals surface area (Å²) in [5, 5.41) is 2.81. The fourth-order valence-electron chi connectivity index (χ4n) is 3.38. The van der Waals surface area contributed by atoms with Crippen LogP contribution in [-0.4, -0.2) is 23.6 Å². The van der Waals surface area contributed by atoms with Crippen molar-refractivity contribution in [2.75, 3.05) is 12.4 Å². The van der Waals surface area contributed by atoms with Crippen LogP contribution in [0.1, 0.15) is 32.0 Å². The van der Waals surface area contributed by atoms with Gasteiger partial charge in [0.05, 0.1) is 24.5 Å². The Kier molecular flexibility index (Phi) is 5.10. The maximum absolute atomic E-state index is 13.6. The number of aromatic nitrogens is 1. The van der Waals surface area contributed by atoms with Gasteiger partial charge in [-0.2, -0.15) is 0 Å². The van der Waals surface area contributed by atoms with E-state index in [1.165, 1.54) is 25.5 Å². The summed E-state index contributed by atoms with van der Waals surface area (Å²) in [6.45, 7) is 2.08. The van der Waals surface area contributed by atoms with Crippen LogP contribution in [0.3, 0.4) is 0 Å². The van der Waals surface area contributed by atoms with Crippen molar-refractivity contribution in [1.82, 2.24) is 4.57 Å². The van der Waals surface area contributed by atoms with Crippen LogP contribution in [0.25, 0.3) is 11.1 Å². The number of methoxy groups -OCH3 is 1. The molecule has 0 aliphatic rings.